The normalized spacial score (nSPS) is 12.8. The minimum absolute atomic E-state index is 0.377. The van der Waals surface area contributed by atoms with Crippen molar-refractivity contribution in [2.24, 2.45) is 5.92 Å². The van der Waals surface area contributed by atoms with Crippen molar-refractivity contribution in [3.63, 3.8) is 0 Å². The van der Waals surface area contributed by atoms with Crippen LogP contribution in [0.1, 0.15) is 38.2 Å². The number of benzene rings is 1. The van der Waals surface area contributed by atoms with Crippen LogP contribution in [0.25, 0.3) is 0 Å². The van der Waals surface area contributed by atoms with Gasteiger partial charge in [-0.05, 0) is 17.9 Å². The lowest BCUT2D eigenvalue weighted by Crippen LogP contribution is -2.09. The molecule has 0 aliphatic rings. The van der Waals surface area contributed by atoms with Crippen molar-refractivity contribution in [2.45, 2.75) is 46.0 Å². The summed E-state index contributed by atoms with van der Waals surface area (Å²) in [4.78, 5) is 0. The van der Waals surface area contributed by atoms with E-state index in [0.717, 1.165) is 13.0 Å². The Morgan fingerprint density at radius 3 is 2.65 bits per heavy atom. The van der Waals surface area contributed by atoms with Gasteiger partial charge < -0.3 is 9.76 Å². The van der Waals surface area contributed by atoms with Crippen LogP contribution in [0.2, 0.25) is 6.82 Å². The number of ether oxygens (including phenoxy) is 1. The van der Waals surface area contributed by atoms with Crippen LogP contribution in [-0.2, 0) is 11.3 Å². The van der Waals surface area contributed by atoms with E-state index in [2.05, 4.69) is 25.1 Å². The van der Waals surface area contributed by atoms with Gasteiger partial charge in [-0.1, -0.05) is 75.4 Å². The van der Waals surface area contributed by atoms with Crippen molar-refractivity contribution in [2.75, 3.05) is 6.61 Å². The molecule has 1 unspecified atom stereocenters. The van der Waals surface area contributed by atoms with Gasteiger partial charge in [0.05, 0.1) is 13.2 Å². The molecule has 0 amide bonds. The van der Waals surface area contributed by atoms with Gasteiger partial charge in [-0.25, -0.2) is 0 Å². The molecule has 0 fully saturated rings. The lowest BCUT2D eigenvalue weighted by Gasteiger charge is -2.13. The Kier molecular flexibility index (Phi) is 9.09. The molecule has 2 nitrogen and oxygen atoms in total. The van der Waals surface area contributed by atoms with Gasteiger partial charge in [0.2, 0.25) is 0 Å². The van der Waals surface area contributed by atoms with Gasteiger partial charge in [0.15, 0.2) is 0 Å². The molecular weight excluding hydrogens is 247 g/mol. The van der Waals surface area contributed by atoms with Crippen LogP contribution in [-0.4, -0.2) is 18.5 Å². The lowest BCUT2D eigenvalue weighted by molar-refractivity contribution is 0.0965. The Morgan fingerprint density at radius 2 is 2.00 bits per heavy atom. The second kappa shape index (κ2) is 10.7. The SMILES string of the molecule is CCCCCC(/C=C/B(C)O)COCc1ccccc1. The van der Waals surface area contributed by atoms with Crippen LogP contribution in [0.5, 0.6) is 0 Å². The Labute approximate surface area is 124 Å². The number of hydrogen-bond acceptors (Lipinski definition) is 2. The van der Waals surface area contributed by atoms with Crippen molar-refractivity contribution in [3.8, 4) is 0 Å². The summed E-state index contributed by atoms with van der Waals surface area (Å²) < 4.78 is 5.81. The van der Waals surface area contributed by atoms with Crippen molar-refractivity contribution in [1.82, 2.24) is 0 Å². The van der Waals surface area contributed by atoms with E-state index in [1.165, 1.54) is 24.8 Å². The number of hydrogen-bond donors (Lipinski definition) is 1. The van der Waals surface area contributed by atoms with Gasteiger partial charge in [-0.2, -0.15) is 0 Å². The summed E-state index contributed by atoms with van der Waals surface area (Å²) in [5.74, 6) is 2.27. The Bertz CT molecular complexity index is 363. The maximum atomic E-state index is 9.35. The molecule has 0 aliphatic heterocycles. The first-order chi connectivity index (χ1) is 9.72. The predicted octanol–water partition coefficient (Wildman–Crippen LogP) is 4.11. The highest BCUT2D eigenvalue weighted by atomic mass is 16.5. The van der Waals surface area contributed by atoms with Crippen molar-refractivity contribution in [1.29, 1.82) is 0 Å². The molecule has 0 saturated carbocycles. The zero-order valence-corrected chi connectivity index (χ0v) is 12.8. The molecule has 20 heavy (non-hydrogen) atoms. The lowest BCUT2D eigenvalue weighted by atomic mass is 9.71. The smallest absolute Gasteiger partial charge is 0.312 e. The van der Waals surface area contributed by atoms with Crippen LogP contribution in [0.4, 0.5) is 0 Å². The highest BCUT2D eigenvalue weighted by Crippen LogP contribution is 2.13. The van der Waals surface area contributed by atoms with Crippen LogP contribution >= 0.6 is 0 Å². The van der Waals surface area contributed by atoms with Gasteiger partial charge in [0.25, 0.3) is 0 Å². The van der Waals surface area contributed by atoms with E-state index < -0.39 is 0 Å². The molecule has 0 radical (unpaired) electrons. The molecule has 0 saturated heterocycles. The molecule has 0 bridgehead atoms. The van der Waals surface area contributed by atoms with E-state index in [9.17, 15) is 5.02 Å². The quantitative estimate of drug-likeness (QED) is 0.514. The zero-order valence-electron chi connectivity index (χ0n) is 12.8. The van der Waals surface area contributed by atoms with Gasteiger partial charge in [-0.3, -0.25) is 0 Å². The molecule has 110 valence electrons. The Morgan fingerprint density at radius 1 is 1.25 bits per heavy atom. The maximum absolute atomic E-state index is 9.35. The molecule has 0 spiro atoms. The summed E-state index contributed by atoms with van der Waals surface area (Å²) >= 11 is 0. The third-order valence-corrected chi connectivity index (χ3v) is 3.28. The molecule has 0 aliphatic carbocycles. The van der Waals surface area contributed by atoms with Crippen LogP contribution in [0, 0.1) is 5.92 Å². The summed E-state index contributed by atoms with van der Waals surface area (Å²) in [6, 6.07) is 10.2. The van der Waals surface area contributed by atoms with Gasteiger partial charge in [0.1, 0.15) is 0 Å². The molecule has 1 N–H and O–H groups in total. The van der Waals surface area contributed by atoms with Crippen molar-refractivity contribution < 1.29 is 9.76 Å². The second-order valence-corrected chi connectivity index (χ2v) is 5.38. The first-order valence-electron chi connectivity index (χ1n) is 7.70. The average Bonchev–Trinajstić information content (AvgIpc) is 2.45. The topological polar surface area (TPSA) is 29.5 Å². The highest BCUT2D eigenvalue weighted by Gasteiger charge is 2.06. The molecule has 0 heterocycles. The standard InChI is InChI=1S/C17H27BO2/c1-3-4-6-9-17(12-13-18(2)19)15-20-14-16-10-7-5-8-11-16/h5,7-8,10-13,17,19H,3-4,6,9,14-15H2,1-2H3/b13-12+. The molecule has 3 heteroatoms. The van der Waals surface area contributed by atoms with E-state index in [1.54, 1.807) is 6.82 Å². The Hall–Kier alpha value is -1.06. The summed E-state index contributed by atoms with van der Waals surface area (Å²) in [5, 5.41) is 9.35. The fourth-order valence-electron chi connectivity index (χ4n) is 2.11. The van der Waals surface area contributed by atoms with Crippen LogP contribution in [0.3, 0.4) is 0 Å². The summed E-state index contributed by atoms with van der Waals surface area (Å²) in [6.45, 7) is 5.00. The van der Waals surface area contributed by atoms with Gasteiger partial charge in [0, 0.05) is 0 Å². The number of unbranched alkanes of at least 4 members (excludes halogenated alkanes) is 2. The summed E-state index contributed by atoms with van der Waals surface area (Å²) in [5.41, 5.74) is 1.21. The first kappa shape index (κ1) is 17.0. The van der Waals surface area contributed by atoms with E-state index in [1.807, 2.05) is 24.2 Å². The first-order valence-corrected chi connectivity index (χ1v) is 7.70. The fourth-order valence-corrected chi connectivity index (χ4v) is 2.11. The largest absolute Gasteiger partial charge is 0.447 e. The summed E-state index contributed by atoms with van der Waals surface area (Å²) in [7, 11) is 0. The number of rotatable bonds is 10. The van der Waals surface area contributed by atoms with Crippen LogP contribution in [0.15, 0.2) is 42.4 Å². The Balaban J connectivity index is 2.35. The molecule has 1 aromatic carbocycles. The second-order valence-electron chi connectivity index (χ2n) is 5.38. The maximum Gasteiger partial charge on any atom is 0.312 e. The molecule has 1 rings (SSSR count). The minimum Gasteiger partial charge on any atom is -0.447 e. The molecule has 1 atom stereocenters. The molecular formula is C17H27BO2. The summed E-state index contributed by atoms with van der Waals surface area (Å²) in [6.07, 6.45) is 6.95. The van der Waals surface area contributed by atoms with E-state index in [4.69, 9.17) is 4.74 Å². The predicted molar refractivity (Wildman–Crippen MR) is 86.7 cm³/mol. The monoisotopic (exact) mass is 274 g/mol. The van der Waals surface area contributed by atoms with E-state index in [-0.39, 0.29) is 6.92 Å². The third-order valence-electron chi connectivity index (χ3n) is 3.28. The van der Waals surface area contributed by atoms with Crippen molar-refractivity contribution in [3.05, 3.63) is 47.9 Å². The molecule has 1 aromatic rings. The highest BCUT2D eigenvalue weighted by molar-refractivity contribution is 6.54. The average molecular weight is 274 g/mol. The fraction of sp³-hybridized carbons (Fsp3) is 0.529. The minimum atomic E-state index is -0.377. The molecule has 0 aromatic heterocycles. The third kappa shape index (κ3) is 8.18. The van der Waals surface area contributed by atoms with E-state index in [0.29, 0.717) is 12.5 Å². The van der Waals surface area contributed by atoms with E-state index >= 15 is 0 Å². The van der Waals surface area contributed by atoms with Gasteiger partial charge in [-0.15, -0.1) is 0 Å². The zero-order chi connectivity index (χ0) is 14.6. The van der Waals surface area contributed by atoms with Crippen LogP contribution < -0.4 is 0 Å². The van der Waals surface area contributed by atoms with Crippen molar-refractivity contribution >= 4 is 6.92 Å². The van der Waals surface area contributed by atoms with Gasteiger partial charge >= 0.3 is 6.92 Å².